The van der Waals surface area contributed by atoms with Gasteiger partial charge in [0.1, 0.15) is 0 Å². The van der Waals surface area contributed by atoms with E-state index >= 15 is 0 Å². The fourth-order valence-electron chi connectivity index (χ4n) is 4.47. The van der Waals surface area contributed by atoms with Crippen LogP contribution in [0.2, 0.25) is 0 Å². The number of carbonyl (C=O) groups excluding carboxylic acids is 4. The Hall–Kier alpha value is -3.98. The highest BCUT2D eigenvalue weighted by molar-refractivity contribution is 6.35. The van der Waals surface area contributed by atoms with Crippen molar-refractivity contribution >= 4 is 46.7 Å². The van der Waals surface area contributed by atoms with Crippen molar-refractivity contribution in [3.8, 4) is 0 Å². The molecule has 35 heavy (non-hydrogen) atoms. The number of carbonyl (C=O) groups is 4. The highest BCUT2D eigenvalue weighted by atomic mass is 16.2. The lowest BCUT2D eigenvalue weighted by molar-refractivity contribution is -0.120. The molecule has 0 unspecified atom stereocenters. The summed E-state index contributed by atoms with van der Waals surface area (Å²) < 4.78 is 0. The number of anilines is 2. The number of aromatic nitrogens is 1. The van der Waals surface area contributed by atoms with Gasteiger partial charge in [-0.2, -0.15) is 0 Å². The van der Waals surface area contributed by atoms with Gasteiger partial charge in [0, 0.05) is 47.9 Å². The molecule has 4 amide bonds. The molecule has 0 fully saturated rings. The highest BCUT2D eigenvalue weighted by Gasteiger charge is 2.30. The number of hydrogen-bond donors (Lipinski definition) is 3. The largest absolute Gasteiger partial charge is 0.358 e. The van der Waals surface area contributed by atoms with Crippen LogP contribution < -0.4 is 15.5 Å². The van der Waals surface area contributed by atoms with Gasteiger partial charge < -0.3 is 20.5 Å². The molecule has 182 valence electrons. The van der Waals surface area contributed by atoms with Gasteiger partial charge in [0.2, 0.25) is 0 Å². The Morgan fingerprint density at radius 2 is 1.77 bits per heavy atom. The van der Waals surface area contributed by atoms with Crippen LogP contribution in [0.1, 0.15) is 46.7 Å². The average molecular weight is 476 g/mol. The van der Waals surface area contributed by atoms with Crippen LogP contribution in [0, 0.1) is 13.8 Å². The van der Waals surface area contributed by atoms with Gasteiger partial charge in [-0.15, -0.1) is 0 Å². The van der Waals surface area contributed by atoms with E-state index in [1.807, 2.05) is 13.8 Å². The Bertz CT molecular complexity index is 1260. The third kappa shape index (κ3) is 4.54. The van der Waals surface area contributed by atoms with Crippen molar-refractivity contribution in [2.75, 3.05) is 36.4 Å². The summed E-state index contributed by atoms with van der Waals surface area (Å²) in [5, 5.41) is 5.79. The predicted octanol–water partition coefficient (Wildman–Crippen LogP) is 2.63. The molecule has 3 N–H and O–H groups in total. The van der Waals surface area contributed by atoms with Gasteiger partial charge >= 0.3 is 0 Å². The molecule has 0 saturated carbocycles. The van der Waals surface area contributed by atoms with Crippen LogP contribution in [0.15, 0.2) is 30.4 Å². The summed E-state index contributed by atoms with van der Waals surface area (Å²) >= 11 is 0. The van der Waals surface area contributed by atoms with Crippen LogP contribution in [0.3, 0.4) is 0 Å². The molecule has 0 aliphatic carbocycles. The van der Waals surface area contributed by atoms with E-state index in [4.69, 9.17) is 0 Å². The summed E-state index contributed by atoms with van der Waals surface area (Å²) in [6.45, 7) is 11.0. The summed E-state index contributed by atoms with van der Waals surface area (Å²) in [5.41, 5.74) is 4.59. The molecule has 0 bridgehead atoms. The van der Waals surface area contributed by atoms with Gasteiger partial charge in [-0.25, -0.2) is 4.90 Å². The van der Waals surface area contributed by atoms with Crippen molar-refractivity contribution in [1.29, 1.82) is 0 Å². The maximum atomic E-state index is 12.9. The van der Waals surface area contributed by atoms with Crippen LogP contribution in [-0.4, -0.2) is 59.7 Å². The molecule has 4 rings (SSSR count). The number of likely N-dealkylation sites (N-methyl/N-ethyl adjacent to an activating group) is 1. The molecule has 0 radical (unpaired) electrons. The monoisotopic (exact) mass is 475 g/mol. The highest BCUT2D eigenvalue weighted by Crippen LogP contribution is 2.37. The fourth-order valence-corrected chi connectivity index (χ4v) is 4.47. The number of nitrogens with one attached hydrogen (secondary N) is 3. The van der Waals surface area contributed by atoms with Crippen molar-refractivity contribution in [1.82, 2.24) is 15.2 Å². The van der Waals surface area contributed by atoms with E-state index in [-0.39, 0.29) is 11.8 Å². The molecule has 0 spiro atoms. The van der Waals surface area contributed by atoms with Gasteiger partial charge in [-0.1, -0.05) is 13.8 Å². The first-order valence-corrected chi connectivity index (χ1v) is 11.7. The van der Waals surface area contributed by atoms with Crippen molar-refractivity contribution < 1.29 is 19.2 Å². The van der Waals surface area contributed by atoms with E-state index in [9.17, 15) is 19.2 Å². The average Bonchev–Trinajstić information content (AvgIpc) is 3.43. The molecule has 9 heteroatoms. The number of benzene rings is 1. The van der Waals surface area contributed by atoms with Crippen LogP contribution >= 0.6 is 0 Å². The van der Waals surface area contributed by atoms with E-state index < -0.39 is 11.8 Å². The predicted molar refractivity (Wildman–Crippen MR) is 135 cm³/mol. The second kappa shape index (κ2) is 9.71. The van der Waals surface area contributed by atoms with E-state index in [0.717, 1.165) is 30.1 Å². The summed E-state index contributed by atoms with van der Waals surface area (Å²) in [7, 11) is 0. The Kier molecular flexibility index (Phi) is 6.70. The van der Waals surface area contributed by atoms with Crippen molar-refractivity contribution in [3.05, 3.63) is 58.4 Å². The number of fused-ring (bicyclic) bond motifs is 1. The Morgan fingerprint density at radius 3 is 2.43 bits per heavy atom. The molecule has 1 aromatic heterocycles. The van der Waals surface area contributed by atoms with Crippen LogP contribution in [0.25, 0.3) is 11.6 Å². The maximum absolute atomic E-state index is 12.9. The second-order valence-electron chi connectivity index (χ2n) is 8.53. The number of nitrogens with zero attached hydrogens (tertiary/aromatic N) is 2. The molecular formula is C26H29N5O4. The topological polar surface area (TPSA) is 115 Å². The molecule has 2 aromatic rings. The zero-order valence-corrected chi connectivity index (χ0v) is 20.3. The number of rotatable bonds is 8. The molecule has 0 saturated heterocycles. The van der Waals surface area contributed by atoms with Crippen LogP contribution in [0.5, 0.6) is 0 Å². The summed E-state index contributed by atoms with van der Waals surface area (Å²) in [5.74, 6) is -1.31. The summed E-state index contributed by atoms with van der Waals surface area (Å²) in [6, 6.07) is 4.94. The number of aromatic amines is 1. The van der Waals surface area contributed by atoms with Crippen LogP contribution in [0.4, 0.5) is 11.4 Å². The molecule has 2 aliphatic heterocycles. The molecular weight excluding hydrogens is 446 g/mol. The van der Waals surface area contributed by atoms with E-state index in [2.05, 4.69) is 34.4 Å². The number of H-pyrrole nitrogens is 1. The van der Waals surface area contributed by atoms with Gasteiger partial charge in [0.05, 0.1) is 16.8 Å². The van der Waals surface area contributed by atoms with Crippen molar-refractivity contribution in [2.45, 2.75) is 27.7 Å². The molecule has 2 aliphatic rings. The minimum Gasteiger partial charge on any atom is -0.358 e. The van der Waals surface area contributed by atoms with E-state index in [1.54, 1.807) is 24.3 Å². The van der Waals surface area contributed by atoms with E-state index in [1.165, 1.54) is 12.2 Å². The normalized spacial score (nSPS) is 16.0. The lowest BCUT2D eigenvalue weighted by Gasteiger charge is -2.18. The van der Waals surface area contributed by atoms with Crippen LogP contribution in [-0.2, 0) is 14.4 Å². The molecule has 0 atom stereocenters. The zero-order chi connectivity index (χ0) is 25.3. The number of aryl methyl sites for hydroxylation is 1. The van der Waals surface area contributed by atoms with Crippen molar-refractivity contribution in [3.63, 3.8) is 0 Å². The quantitative estimate of drug-likeness (QED) is 0.401. The van der Waals surface area contributed by atoms with Gasteiger partial charge in [-0.05, 0) is 56.8 Å². The minimum absolute atomic E-state index is 0.162. The minimum atomic E-state index is -0.426. The smallest absolute Gasteiger partial charge is 0.258 e. The maximum Gasteiger partial charge on any atom is 0.258 e. The van der Waals surface area contributed by atoms with Gasteiger partial charge in [-0.3, -0.25) is 19.2 Å². The molecule has 3 heterocycles. The van der Waals surface area contributed by atoms with Gasteiger partial charge in [0.15, 0.2) is 0 Å². The molecule has 1 aromatic carbocycles. The molecule has 9 nitrogen and oxygen atoms in total. The Morgan fingerprint density at radius 1 is 1.09 bits per heavy atom. The zero-order valence-electron chi connectivity index (χ0n) is 20.3. The first kappa shape index (κ1) is 24.2. The third-order valence-corrected chi connectivity index (χ3v) is 6.45. The summed E-state index contributed by atoms with van der Waals surface area (Å²) in [4.78, 5) is 56.3. The standard InChI is InChI=1S/C26H29N5O4/c1-5-30(6-2)12-11-27-26(35)24-15(3)21(28-16(24)4)14-19-18-13-17(7-8-20(18)29-25(19)34)31-22(32)9-10-23(31)33/h7-10,13-14,28H,5-6,11-12H2,1-4H3,(H,27,35)(H,29,34)/b19-14-. The van der Waals surface area contributed by atoms with E-state index in [0.29, 0.717) is 46.0 Å². The SMILES string of the molecule is CCN(CC)CCNC(=O)c1c(C)[nH]c(/C=C2\C(=O)Nc3ccc(N4C(=O)C=CC4=O)cc32)c1C. The van der Waals surface area contributed by atoms with Gasteiger partial charge in [0.25, 0.3) is 23.6 Å². The summed E-state index contributed by atoms with van der Waals surface area (Å²) in [6.07, 6.45) is 4.14. The lowest BCUT2D eigenvalue weighted by Crippen LogP contribution is -2.35. The Labute approximate surface area is 203 Å². The number of hydrogen-bond acceptors (Lipinski definition) is 5. The Balaban J connectivity index is 1.61. The number of amides is 4. The first-order valence-electron chi connectivity index (χ1n) is 11.7. The first-order chi connectivity index (χ1) is 16.7. The third-order valence-electron chi connectivity index (χ3n) is 6.45. The lowest BCUT2D eigenvalue weighted by atomic mass is 10.0. The van der Waals surface area contributed by atoms with Crippen molar-refractivity contribution in [2.24, 2.45) is 0 Å². The number of imide groups is 1. The fraction of sp³-hybridized carbons (Fsp3) is 0.308. The second-order valence-corrected chi connectivity index (χ2v) is 8.53.